The Morgan fingerprint density at radius 1 is 1.43 bits per heavy atom. The van der Waals surface area contributed by atoms with Crippen LogP contribution in [0.25, 0.3) is 6.08 Å². The molecular formula is C13H16O. The molecule has 14 heavy (non-hydrogen) atoms. The SMILES string of the molecule is C=CC[C@@H](O)/C(C)=C/c1ccccc1. The minimum absolute atomic E-state index is 0.410. The molecule has 0 aliphatic heterocycles. The van der Waals surface area contributed by atoms with Crippen LogP contribution >= 0.6 is 0 Å². The van der Waals surface area contributed by atoms with Crippen LogP contribution in [0.15, 0.2) is 48.6 Å². The summed E-state index contributed by atoms with van der Waals surface area (Å²) in [7, 11) is 0. The van der Waals surface area contributed by atoms with Gasteiger partial charge in [0, 0.05) is 0 Å². The first kappa shape index (κ1) is 10.7. The molecule has 1 aromatic rings. The van der Waals surface area contributed by atoms with E-state index in [9.17, 15) is 5.11 Å². The lowest BCUT2D eigenvalue weighted by molar-refractivity contribution is 0.215. The van der Waals surface area contributed by atoms with E-state index < -0.39 is 6.10 Å². The molecule has 1 atom stereocenters. The third kappa shape index (κ3) is 3.19. The molecule has 0 bridgehead atoms. The third-order valence-electron chi connectivity index (χ3n) is 2.11. The van der Waals surface area contributed by atoms with Gasteiger partial charge in [-0.3, -0.25) is 0 Å². The highest BCUT2D eigenvalue weighted by Gasteiger charge is 2.02. The summed E-state index contributed by atoms with van der Waals surface area (Å²) in [6, 6.07) is 9.99. The lowest BCUT2D eigenvalue weighted by atomic mass is 10.1. The van der Waals surface area contributed by atoms with E-state index >= 15 is 0 Å². The number of aliphatic hydroxyl groups excluding tert-OH is 1. The molecule has 0 saturated heterocycles. The second-order valence-electron chi connectivity index (χ2n) is 3.34. The standard InChI is InChI=1S/C13H16O/c1-3-7-13(14)11(2)10-12-8-5-4-6-9-12/h3-6,8-10,13-14H,1,7H2,2H3/b11-10+/t13-/m1/s1. The van der Waals surface area contributed by atoms with Crippen LogP contribution in [-0.2, 0) is 0 Å². The van der Waals surface area contributed by atoms with Crippen LogP contribution in [0, 0.1) is 0 Å². The molecule has 0 aliphatic rings. The monoisotopic (exact) mass is 188 g/mol. The molecule has 1 N–H and O–H groups in total. The second-order valence-corrected chi connectivity index (χ2v) is 3.34. The minimum Gasteiger partial charge on any atom is -0.388 e. The van der Waals surface area contributed by atoms with E-state index in [1.165, 1.54) is 0 Å². The number of benzene rings is 1. The summed E-state index contributed by atoms with van der Waals surface area (Å²) in [6.45, 7) is 5.53. The largest absolute Gasteiger partial charge is 0.388 e. The zero-order chi connectivity index (χ0) is 10.4. The van der Waals surface area contributed by atoms with Crippen molar-refractivity contribution in [3.05, 3.63) is 54.1 Å². The van der Waals surface area contributed by atoms with E-state index in [0.717, 1.165) is 11.1 Å². The molecular weight excluding hydrogens is 172 g/mol. The smallest absolute Gasteiger partial charge is 0.0784 e. The van der Waals surface area contributed by atoms with Gasteiger partial charge in [0.1, 0.15) is 0 Å². The van der Waals surface area contributed by atoms with E-state index in [1.807, 2.05) is 43.3 Å². The molecule has 0 fully saturated rings. The van der Waals surface area contributed by atoms with Crippen molar-refractivity contribution in [2.24, 2.45) is 0 Å². The molecule has 0 aliphatic carbocycles. The summed E-state index contributed by atoms with van der Waals surface area (Å²) in [6.07, 6.45) is 3.92. The van der Waals surface area contributed by atoms with Crippen molar-refractivity contribution >= 4 is 6.08 Å². The van der Waals surface area contributed by atoms with Gasteiger partial charge in [0.05, 0.1) is 6.10 Å². The first-order valence-corrected chi connectivity index (χ1v) is 4.76. The molecule has 0 spiro atoms. The van der Waals surface area contributed by atoms with Crippen molar-refractivity contribution in [1.29, 1.82) is 0 Å². The van der Waals surface area contributed by atoms with Gasteiger partial charge in [-0.1, -0.05) is 42.5 Å². The first-order chi connectivity index (χ1) is 6.74. The number of rotatable bonds is 4. The second kappa shape index (κ2) is 5.40. The van der Waals surface area contributed by atoms with Crippen molar-refractivity contribution < 1.29 is 5.11 Å². The normalized spacial score (nSPS) is 13.7. The lowest BCUT2D eigenvalue weighted by Crippen LogP contribution is -2.05. The highest BCUT2D eigenvalue weighted by Crippen LogP contribution is 2.11. The van der Waals surface area contributed by atoms with Gasteiger partial charge in [-0.25, -0.2) is 0 Å². The number of aliphatic hydroxyl groups is 1. The summed E-state index contributed by atoms with van der Waals surface area (Å²) in [4.78, 5) is 0. The highest BCUT2D eigenvalue weighted by molar-refractivity contribution is 5.52. The molecule has 1 heteroatoms. The van der Waals surface area contributed by atoms with E-state index in [4.69, 9.17) is 0 Å². The van der Waals surface area contributed by atoms with Crippen LogP contribution < -0.4 is 0 Å². The predicted octanol–water partition coefficient (Wildman–Crippen LogP) is 3.03. The fourth-order valence-corrected chi connectivity index (χ4v) is 1.25. The fourth-order valence-electron chi connectivity index (χ4n) is 1.25. The van der Waals surface area contributed by atoms with Crippen molar-refractivity contribution in [2.75, 3.05) is 0 Å². The van der Waals surface area contributed by atoms with Gasteiger partial charge in [-0.05, 0) is 24.5 Å². The van der Waals surface area contributed by atoms with Gasteiger partial charge < -0.3 is 5.11 Å². The molecule has 0 unspecified atom stereocenters. The maximum atomic E-state index is 9.64. The molecule has 1 nitrogen and oxygen atoms in total. The van der Waals surface area contributed by atoms with Crippen LogP contribution in [0.5, 0.6) is 0 Å². The predicted molar refractivity (Wildman–Crippen MR) is 60.9 cm³/mol. The molecule has 1 aromatic carbocycles. The first-order valence-electron chi connectivity index (χ1n) is 4.76. The molecule has 0 radical (unpaired) electrons. The van der Waals surface area contributed by atoms with Crippen molar-refractivity contribution in [1.82, 2.24) is 0 Å². The van der Waals surface area contributed by atoms with Gasteiger partial charge in [0.25, 0.3) is 0 Å². The summed E-state index contributed by atoms with van der Waals surface area (Å²) >= 11 is 0. The van der Waals surface area contributed by atoms with Crippen LogP contribution in [0.1, 0.15) is 18.9 Å². The Balaban J connectivity index is 2.73. The number of hydrogen-bond donors (Lipinski definition) is 1. The Hall–Kier alpha value is -1.34. The van der Waals surface area contributed by atoms with E-state index in [-0.39, 0.29) is 0 Å². The van der Waals surface area contributed by atoms with Crippen molar-refractivity contribution in [3.63, 3.8) is 0 Å². The molecule has 1 rings (SSSR count). The Kier molecular flexibility index (Phi) is 4.14. The lowest BCUT2D eigenvalue weighted by Gasteiger charge is -2.08. The summed E-state index contributed by atoms with van der Waals surface area (Å²) in [5, 5.41) is 9.64. The molecule has 74 valence electrons. The quantitative estimate of drug-likeness (QED) is 0.720. The van der Waals surface area contributed by atoms with Crippen LogP contribution in [0.2, 0.25) is 0 Å². The summed E-state index contributed by atoms with van der Waals surface area (Å²) in [5.74, 6) is 0. The Bertz CT molecular complexity index is 311. The topological polar surface area (TPSA) is 20.2 Å². The van der Waals surface area contributed by atoms with E-state index in [0.29, 0.717) is 6.42 Å². The van der Waals surface area contributed by atoms with Crippen LogP contribution in [0.4, 0.5) is 0 Å². The molecule has 0 aromatic heterocycles. The Morgan fingerprint density at radius 2 is 2.07 bits per heavy atom. The minimum atomic E-state index is -0.410. The molecule has 0 saturated carbocycles. The van der Waals surface area contributed by atoms with Crippen molar-refractivity contribution in [3.8, 4) is 0 Å². The summed E-state index contributed by atoms with van der Waals surface area (Å²) < 4.78 is 0. The van der Waals surface area contributed by atoms with Gasteiger partial charge >= 0.3 is 0 Å². The van der Waals surface area contributed by atoms with Crippen molar-refractivity contribution in [2.45, 2.75) is 19.4 Å². The van der Waals surface area contributed by atoms with E-state index in [1.54, 1.807) is 6.08 Å². The summed E-state index contributed by atoms with van der Waals surface area (Å²) in [5.41, 5.74) is 2.09. The van der Waals surface area contributed by atoms with Crippen LogP contribution in [-0.4, -0.2) is 11.2 Å². The van der Waals surface area contributed by atoms with Gasteiger partial charge in [0.2, 0.25) is 0 Å². The van der Waals surface area contributed by atoms with Crippen LogP contribution in [0.3, 0.4) is 0 Å². The fraction of sp³-hybridized carbons (Fsp3) is 0.231. The maximum Gasteiger partial charge on any atom is 0.0784 e. The van der Waals surface area contributed by atoms with Gasteiger partial charge in [-0.2, -0.15) is 0 Å². The zero-order valence-electron chi connectivity index (χ0n) is 8.48. The maximum absolute atomic E-state index is 9.64. The number of hydrogen-bond acceptors (Lipinski definition) is 1. The van der Waals surface area contributed by atoms with Gasteiger partial charge in [-0.15, -0.1) is 6.58 Å². The Labute approximate surface area is 85.4 Å². The molecule has 0 heterocycles. The van der Waals surface area contributed by atoms with E-state index in [2.05, 4.69) is 6.58 Å². The average molecular weight is 188 g/mol. The third-order valence-corrected chi connectivity index (χ3v) is 2.11. The Morgan fingerprint density at radius 3 is 2.64 bits per heavy atom. The van der Waals surface area contributed by atoms with Gasteiger partial charge in [0.15, 0.2) is 0 Å². The molecule has 0 amide bonds. The highest BCUT2D eigenvalue weighted by atomic mass is 16.3. The average Bonchev–Trinajstić information content (AvgIpc) is 2.19. The zero-order valence-corrected chi connectivity index (χ0v) is 8.48.